The van der Waals surface area contributed by atoms with Crippen LogP contribution in [0.1, 0.15) is 24.0 Å². The van der Waals surface area contributed by atoms with Gasteiger partial charge < -0.3 is 19.7 Å². The number of ether oxygens (including phenoxy) is 2. The molecule has 1 amide bonds. The summed E-state index contributed by atoms with van der Waals surface area (Å²) in [5.41, 5.74) is 2.25. The fourth-order valence-corrected chi connectivity index (χ4v) is 3.62. The number of likely N-dealkylation sites (N-methyl/N-ethyl adjacent to an activating group) is 1. The third kappa shape index (κ3) is 5.58. The maximum atomic E-state index is 13.7. The van der Waals surface area contributed by atoms with E-state index in [0.717, 1.165) is 17.3 Å². The monoisotopic (exact) mass is 432 g/mol. The Hall–Kier alpha value is -3.00. The summed E-state index contributed by atoms with van der Waals surface area (Å²) in [6.07, 6.45) is 1.69. The summed E-state index contributed by atoms with van der Waals surface area (Å²) >= 11 is 0. The molecule has 0 fully saturated rings. The van der Waals surface area contributed by atoms with E-state index in [1.807, 2.05) is 12.1 Å². The van der Waals surface area contributed by atoms with Gasteiger partial charge in [-0.15, -0.1) is 0 Å². The molecule has 0 aromatic heterocycles. The van der Waals surface area contributed by atoms with Crippen LogP contribution in [0.2, 0.25) is 0 Å². The Morgan fingerprint density at radius 2 is 2.00 bits per heavy atom. The number of amides is 1. The van der Waals surface area contributed by atoms with E-state index in [1.165, 1.54) is 19.2 Å². The molecule has 8 heteroatoms. The van der Waals surface area contributed by atoms with Crippen LogP contribution in [0.4, 0.5) is 14.5 Å². The highest BCUT2D eigenvalue weighted by Gasteiger charge is 2.31. The zero-order valence-corrected chi connectivity index (χ0v) is 17.6. The number of fused-ring (bicyclic) bond motifs is 1. The number of hydrogen-bond acceptors (Lipinski definition) is 5. The number of esters is 1. The molecular weight excluding hydrogens is 406 g/mol. The van der Waals surface area contributed by atoms with E-state index in [-0.39, 0.29) is 12.3 Å². The van der Waals surface area contributed by atoms with Crippen molar-refractivity contribution in [2.45, 2.75) is 31.7 Å². The second kappa shape index (κ2) is 10.3. The van der Waals surface area contributed by atoms with Crippen molar-refractivity contribution in [2.75, 3.05) is 32.2 Å². The number of anilines is 1. The number of benzene rings is 2. The van der Waals surface area contributed by atoms with E-state index in [4.69, 9.17) is 4.74 Å². The van der Waals surface area contributed by atoms with Gasteiger partial charge in [0.25, 0.3) is 0 Å². The lowest BCUT2D eigenvalue weighted by atomic mass is 10.1. The molecule has 1 heterocycles. The van der Waals surface area contributed by atoms with Crippen molar-refractivity contribution in [1.82, 2.24) is 5.32 Å². The molecular formula is C23H26F2N2O4. The van der Waals surface area contributed by atoms with Gasteiger partial charge >= 0.3 is 5.97 Å². The Bertz CT molecular complexity index is 951. The third-order valence-corrected chi connectivity index (χ3v) is 5.33. The van der Waals surface area contributed by atoms with E-state index >= 15 is 0 Å². The first-order valence-corrected chi connectivity index (χ1v) is 10.2. The van der Waals surface area contributed by atoms with Gasteiger partial charge in [-0.25, -0.2) is 8.78 Å². The van der Waals surface area contributed by atoms with Crippen LogP contribution in [0.15, 0.2) is 36.4 Å². The molecule has 1 N–H and O–H groups in total. The van der Waals surface area contributed by atoms with Crippen LogP contribution >= 0.6 is 0 Å². The number of hydrogen-bond donors (Lipinski definition) is 1. The quantitative estimate of drug-likeness (QED) is 0.487. The zero-order valence-electron chi connectivity index (χ0n) is 17.6. The lowest BCUT2D eigenvalue weighted by Crippen LogP contribution is -2.46. The van der Waals surface area contributed by atoms with Gasteiger partial charge in [-0.1, -0.05) is 6.07 Å². The van der Waals surface area contributed by atoms with Crippen molar-refractivity contribution < 1.29 is 27.8 Å². The van der Waals surface area contributed by atoms with E-state index in [1.54, 1.807) is 18.0 Å². The fraction of sp³-hybridized carbons (Fsp3) is 0.391. The SMILES string of the molecule is CN[C@H](CC(=O)OC)C(=O)N1CCc2cc(OCCCc3ccc(F)cc3F)ccc21. The van der Waals surface area contributed by atoms with Crippen LogP contribution in [0.5, 0.6) is 5.75 Å². The fourth-order valence-electron chi connectivity index (χ4n) is 3.62. The van der Waals surface area contributed by atoms with Gasteiger partial charge in [0.2, 0.25) is 5.91 Å². The summed E-state index contributed by atoms with van der Waals surface area (Å²) in [5, 5.41) is 2.88. The first kappa shape index (κ1) is 22.7. The van der Waals surface area contributed by atoms with E-state index in [2.05, 4.69) is 10.1 Å². The van der Waals surface area contributed by atoms with Crippen LogP contribution in [-0.2, 0) is 27.2 Å². The standard InChI is InChI=1S/C23H26F2N2O4/c1-26-20(14-22(28)30-2)23(29)27-10-9-16-12-18(7-8-21(16)27)31-11-3-4-15-5-6-17(24)13-19(15)25/h5-8,12-13,20,26H,3-4,9-11,14H2,1-2H3/t20-/m1/s1. The van der Waals surface area contributed by atoms with E-state index in [0.29, 0.717) is 43.7 Å². The molecule has 1 aliphatic rings. The average molecular weight is 432 g/mol. The minimum Gasteiger partial charge on any atom is -0.494 e. The molecule has 0 aliphatic carbocycles. The molecule has 166 valence electrons. The minimum absolute atomic E-state index is 0.0342. The first-order valence-electron chi connectivity index (χ1n) is 10.2. The highest BCUT2D eigenvalue weighted by Crippen LogP contribution is 2.32. The van der Waals surface area contributed by atoms with Crippen LogP contribution in [0.25, 0.3) is 0 Å². The molecule has 0 saturated carbocycles. The van der Waals surface area contributed by atoms with Crippen LogP contribution in [-0.4, -0.2) is 45.2 Å². The van der Waals surface area contributed by atoms with Gasteiger partial charge in [-0.3, -0.25) is 9.59 Å². The number of rotatable bonds is 9. The number of nitrogens with one attached hydrogen (secondary N) is 1. The van der Waals surface area contributed by atoms with Crippen molar-refractivity contribution in [3.63, 3.8) is 0 Å². The molecule has 0 saturated heterocycles. The number of carbonyl (C=O) groups excluding carboxylic acids is 2. The number of carbonyl (C=O) groups is 2. The largest absolute Gasteiger partial charge is 0.494 e. The minimum atomic E-state index is -0.652. The van der Waals surface area contributed by atoms with E-state index < -0.39 is 23.6 Å². The van der Waals surface area contributed by atoms with Gasteiger partial charge in [-0.05, 0) is 61.7 Å². The van der Waals surface area contributed by atoms with E-state index in [9.17, 15) is 18.4 Å². The Morgan fingerprint density at radius 3 is 2.71 bits per heavy atom. The lowest BCUT2D eigenvalue weighted by molar-refractivity contribution is -0.142. The summed E-state index contributed by atoms with van der Waals surface area (Å²) in [4.78, 5) is 26.1. The Labute approximate surface area is 180 Å². The predicted molar refractivity (Wildman–Crippen MR) is 112 cm³/mol. The highest BCUT2D eigenvalue weighted by atomic mass is 19.1. The van der Waals surface area contributed by atoms with Crippen molar-refractivity contribution in [1.29, 1.82) is 0 Å². The normalized spacial score (nSPS) is 13.6. The number of methoxy groups -OCH3 is 1. The Balaban J connectivity index is 1.56. The molecule has 2 aromatic carbocycles. The second-order valence-corrected chi connectivity index (χ2v) is 7.34. The summed E-state index contributed by atoms with van der Waals surface area (Å²) in [6.45, 7) is 0.917. The summed E-state index contributed by atoms with van der Waals surface area (Å²) < 4.78 is 37.1. The van der Waals surface area contributed by atoms with Crippen LogP contribution < -0.4 is 15.0 Å². The molecule has 2 aromatic rings. The predicted octanol–water partition coefficient (Wildman–Crippen LogP) is 3.02. The Kier molecular flexibility index (Phi) is 7.57. The van der Waals surface area contributed by atoms with Crippen molar-refractivity contribution in [3.8, 4) is 5.75 Å². The number of halogens is 2. The lowest BCUT2D eigenvalue weighted by Gasteiger charge is -2.23. The van der Waals surface area contributed by atoms with Gasteiger partial charge in [0.15, 0.2) is 0 Å². The maximum Gasteiger partial charge on any atom is 0.307 e. The number of nitrogens with zero attached hydrogens (tertiary/aromatic N) is 1. The van der Waals surface area contributed by atoms with Crippen molar-refractivity contribution >= 4 is 17.6 Å². The van der Waals surface area contributed by atoms with Gasteiger partial charge in [0.1, 0.15) is 17.4 Å². The second-order valence-electron chi connectivity index (χ2n) is 7.34. The van der Waals surface area contributed by atoms with Crippen molar-refractivity contribution in [3.05, 3.63) is 59.2 Å². The molecule has 6 nitrogen and oxygen atoms in total. The summed E-state index contributed by atoms with van der Waals surface area (Å²) in [6, 6.07) is 8.45. The summed E-state index contributed by atoms with van der Waals surface area (Å²) in [7, 11) is 2.93. The molecule has 0 spiro atoms. The number of aryl methyl sites for hydroxylation is 1. The molecule has 0 bridgehead atoms. The maximum absolute atomic E-state index is 13.7. The van der Waals surface area contributed by atoms with Crippen LogP contribution in [0.3, 0.4) is 0 Å². The van der Waals surface area contributed by atoms with Gasteiger partial charge in [-0.2, -0.15) is 0 Å². The molecule has 0 radical (unpaired) electrons. The Morgan fingerprint density at radius 1 is 1.19 bits per heavy atom. The average Bonchev–Trinajstić information content (AvgIpc) is 3.18. The van der Waals surface area contributed by atoms with Crippen molar-refractivity contribution in [2.24, 2.45) is 0 Å². The summed E-state index contributed by atoms with van der Waals surface area (Å²) in [5.74, 6) is -1.09. The first-order chi connectivity index (χ1) is 14.9. The van der Waals surface area contributed by atoms with Gasteiger partial charge in [0.05, 0.1) is 26.2 Å². The smallest absolute Gasteiger partial charge is 0.307 e. The topological polar surface area (TPSA) is 67.9 Å². The molecule has 1 atom stereocenters. The third-order valence-electron chi connectivity index (χ3n) is 5.33. The molecule has 1 aliphatic heterocycles. The highest BCUT2D eigenvalue weighted by molar-refractivity contribution is 6.00. The zero-order chi connectivity index (χ0) is 22.4. The molecule has 0 unspecified atom stereocenters. The molecule has 3 rings (SSSR count). The van der Waals surface area contributed by atoms with Crippen LogP contribution in [0, 0.1) is 11.6 Å². The molecule has 31 heavy (non-hydrogen) atoms. The van der Waals surface area contributed by atoms with Gasteiger partial charge in [0, 0.05) is 18.3 Å².